The summed E-state index contributed by atoms with van der Waals surface area (Å²) in [6.07, 6.45) is 5.20. The monoisotopic (exact) mass is 418 g/mol. The molecule has 2 fully saturated rings. The van der Waals surface area contributed by atoms with Crippen molar-refractivity contribution in [1.29, 1.82) is 0 Å². The second-order valence-corrected chi connectivity index (χ2v) is 8.70. The standard InChI is InChI=1S/C21H30N6O.ClH/c1-14(2)18-17(12-27(25-18)20-23-15(3)11-16(4)24-20)19(28)26-9-6-21(7-10-26)5-8-22-13-21;/h11-12,14,22H,5-10,13H2,1-4H3;1H. The molecule has 0 radical (unpaired) electrons. The van der Waals surface area contributed by atoms with Gasteiger partial charge in [-0.2, -0.15) is 5.10 Å². The zero-order chi connectivity index (χ0) is 19.9. The number of carbonyl (C=O) groups is 1. The van der Waals surface area contributed by atoms with Gasteiger partial charge in [-0.25, -0.2) is 14.6 Å². The number of hydrogen-bond acceptors (Lipinski definition) is 5. The van der Waals surface area contributed by atoms with Gasteiger partial charge in [0.05, 0.1) is 11.3 Å². The minimum atomic E-state index is 0. The number of rotatable bonds is 3. The van der Waals surface area contributed by atoms with E-state index in [4.69, 9.17) is 0 Å². The van der Waals surface area contributed by atoms with Crippen LogP contribution in [0.3, 0.4) is 0 Å². The van der Waals surface area contributed by atoms with Gasteiger partial charge in [0.25, 0.3) is 11.9 Å². The molecule has 2 aliphatic heterocycles. The highest BCUT2D eigenvalue weighted by Crippen LogP contribution is 2.37. The van der Waals surface area contributed by atoms with E-state index in [1.165, 1.54) is 6.42 Å². The molecule has 4 rings (SSSR count). The molecular weight excluding hydrogens is 388 g/mol. The maximum Gasteiger partial charge on any atom is 0.257 e. The van der Waals surface area contributed by atoms with E-state index in [0.717, 1.165) is 56.1 Å². The van der Waals surface area contributed by atoms with Crippen molar-refractivity contribution < 1.29 is 4.79 Å². The van der Waals surface area contributed by atoms with Gasteiger partial charge in [0.1, 0.15) is 0 Å². The zero-order valence-electron chi connectivity index (χ0n) is 17.7. The van der Waals surface area contributed by atoms with Crippen molar-refractivity contribution >= 4 is 18.3 Å². The van der Waals surface area contributed by atoms with Crippen molar-refractivity contribution in [2.75, 3.05) is 26.2 Å². The molecule has 2 saturated heterocycles. The van der Waals surface area contributed by atoms with E-state index >= 15 is 0 Å². The van der Waals surface area contributed by atoms with Gasteiger partial charge in [0.15, 0.2) is 0 Å². The van der Waals surface area contributed by atoms with Crippen LogP contribution in [0.5, 0.6) is 0 Å². The molecule has 4 heterocycles. The van der Waals surface area contributed by atoms with E-state index in [-0.39, 0.29) is 24.2 Å². The lowest BCUT2D eigenvalue weighted by Crippen LogP contribution is -2.44. The minimum Gasteiger partial charge on any atom is -0.338 e. The molecule has 158 valence electrons. The molecule has 2 aromatic rings. The van der Waals surface area contributed by atoms with Crippen molar-refractivity contribution in [1.82, 2.24) is 30.0 Å². The lowest BCUT2D eigenvalue weighted by Gasteiger charge is -2.38. The fraction of sp³-hybridized carbons (Fsp3) is 0.619. The van der Waals surface area contributed by atoms with E-state index < -0.39 is 0 Å². The molecule has 1 N–H and O–H groups in total. The summed E-state index contributed by atoms with van der Waals surface area (Å²) in [6.45, 7) is 11.9. The number of aryl methyl sites for hydroxylation is 2. The van der Waals surface area contributed by atoms with Crippen molar-refractivity contribution in [2.24, 2.45) is 5.41 Å². The van der Waals surface area contributed by atoms with Gasteiger partial charge in [0, 0.05) is 37.2 Å². The second-order valence-electron chi connectivity index (χ2n) is 8.70. The number of aromatic nitrogens is 4. The molecule has 2 aromatic heterocycles. The Kier molecular flexibility index (Phi) is 6.29. The number of hydrogen-bond donors (Lipinski definition) is 1. The number of halogens is 1. The molecule has 0 saturated carbocycles. The third-order valence-electron chi connectivity index (χ3n) is 6.14. The zero-order valence-corrected chi connectivity index (χ0v) is 18.6. The van der Waals surface area contributed by atoms with Gasteiger partial charge in [-0.15, -0.1) is 12.4 Å². The van der Waals surface area contributed by atoms with Gasteiger partial charge in [-0.05, 0) is 57.1 Å². The quantitative estimate of drug-likeness (QED) is 0.829. The van der Waals surface area contributed by atoms with Gasteiger partial charge < -0.3 is 10.2 Å². The molecule has 1 amide bonds. The van der Waals surface area contributed by atoms with Crippen LogP contribution in [0.25, 0.3) is 5.95 Å². The van der Waals surface area contributed by atoms with Crippen LogP contribution in [-0.4, -0.2) is 56.7 Å². The van der Waals surface area contributed by atoms with Crippen LogP contribution in [0.2, 0.25) is 0 Å². The number of likely N-dealkylation sites (tertiary alicyclic amines) is 1. The third-order valence-corrected chi connectivity index (χ3v) is 6.14. The predicted octanol–water partition coefficient (Wildman–Crippen LogP) is 3.04. The van der Waals surface area contributed by atoms with E-state index in [9.17, 15) is 4.79 Å². The molecule has 8 heteroatoms. The Morgan fingerprint density at radius 1 is 1.14 bits per heavy atom. The first kappa shape index (κ1) is 21.7. The van der Waals surface area contributed by atoms with Crippen LogP contribution in [-0.2, 0) is 0 Å². The number of nitrogens with zero attached hydrogens (tertiary/aromatic N) is 5. The Labute approximate surface area is 178 Å². The topological polar surface area (TPSA) is 75.9 Å². The first-order chi connectivity index (χ1) is 13.4. The average molecular weight is 419 g/mol. The summed E-state index contributed by atoms with van der Waals surface area (Å²) in [6, 6.07) is 1.93. The Morgan fingerprint density at radius 2 is 1.79 bits per heavy atom. The number of carbonyl (C=O) groups excluding carboxylic acids is 1. The number of nitrogens with one attached hydrogen (secondary N) is 1. The van der Waals surface area contributed by atoms with E-state index in [2.05, 4.69) is 34.2 Å². The maximum absolute atomic E-state index is 13.3. The lowest BCUT2D eigenvalue weighted by molar-refractivity contribution is 0.0606. The Hall–Kier alpha value is -1.99. The minimum absolute atomic E-state index is 0. The van der Waals surface area contributed by atoms with Crippen LogP contribution in [0.15, 0.2) is 12.3 Å². The molecule has 0 aromatic carbocycles. The van der Waals surface area contributed by atoms with Crippen molar-refractivity contribution in [2.45, 2.75) is 52.9 Å². The molecule has 7 nitrogen and oxygen atoms in total. The summed E-state index contributed by atoms with van der Waals surface area (Å²) in [5, 5.41) is 8.17. The summed E-state index contributed by atoms with van der Waals surface area (Å²) in [7, 11) is 0. The first-order valence-electron chi connectivity index (χ1n) is 10.3. The summed E-state index contributed by atoms with van der Waals surface area (Å²) in [5.74, 6) is 0.759. The van der Waals surface area contributed by atoms with Crippen LogP contribution in [0, 0.1) is 19.3 Å². The smallest absolute Gasteiger partial charge is 0.257 e. The highest BCUT2D eigenvalue weighted by Gasteiger charge is 2.38. The summed E-state index contributed by atoms with van der Waals surface area (Å²) < 4.78 is 1.66. The molecule has 2 aliphatic rings. The second kappa shape index (κ2) is 8.40. The molecular formula is C21H31ClN6O. The molecule has 29 heavy (non-hydrogen) atoms. The van der Waals surface area contributed by atoms with E-state index in [1.807, 2.05) is 31.0 Å². The van der Waals surface area contributed by atoms with Crippen molar-refractivity contribution in [3.63, 3.8) is 0 Å². The fourth-order valence-corrected chi connectivity index (χ4v) is 4.47. The normalized spacial score (nSPS) is 18.3. The highest BCUT2D eigenvalue weighted by molar-refractivity contribution is 5.95. The number of amides is 1. The van der Waals surface area contributed by atoms with Gasteiger partial charge >= 0.3 is 0 Å². The van der Waals surface area contributed by atoms with Crippen LogP contribution < -0.4 is 5.32 Å². The molecule has 0 aliphatic carbocycles. The van der Waals surface area contributed by atoms with E-state index in [0.29, 0.717) is 16.9 Å². The van der Waals surface area contributed by atoms with Crippen molar-refractivity contribution in [3.05, 3.63) is 34.9 Å². The predicted molar refractivity (Wildman–Crippen MR) is 115 cm³/mol. The van der Waals surface area contributed by atoms with Gasteiger partial charge in [-0.3, -0.25) is 4.79 Å². The molecule has 0 atom stereocenters. The molecule has 0 unspecified atom stereocenters. The SMILES string of the molecule is Cc1cc(C)nc(-n2cc(C(=O)N3CCC4(CCNC4)CC3)c(C(C)C)n2)n1.Cl. The Balaban J connectivity index is 0.00000240. The van der Waals surface area contributed by atoms with Crippen LogP contribution >= 0.6 is 12.4 Å². The molecule has 1 spiro atoms. The van der Waals surface area contributed by atoms with Crippen LogP contribution in [0.1, 0.15) is 66.5 Å². The maximum atomic E-state index is 13.3. The van der Waals surface area contributed by atoms with E-state index in [1.54, 1.807) is 4.68 Å². The largest absolute Gasteiger partial charge is 0.338 e. The first-order valence-corrected chi connectivity index (χ1v) is 10.3. The van der Waals surface area contributed by atoms with Crippen molar-refractivity contribution in [3.8, 4) is 5.95 Å². The highest BCUT2D eigenvalue weighted by atomic mass is 35.5. The third kappa shape index (κ3) is 4.31. The number of piperidine rings is 1. The summed E-state index contributed by atoms with van der Waals surface area (Å²) >= 11 is 0. The lowest BCUT2D eigenvalue weighted by atomic mass is 9.78. The summed E-state index contributed by atoms with van der Waals surface area (Å²) in [5.41, 5.74) is 3.68. The fourth-order valence-electron chi connectivity index (χ4n) is 4.47. The van der Waals surface area contributed by atoms with Crippen LogP contribution in [0.4, 0.5) is 0 Å². The Morgan fingerprint density at radius 3 is 2.34 bits per heavy atom. The van der Waals surface area contributed by atoms with Gasteiger partial charge in [-0.1, -0.05) is 13.8 Å². The Bertz CT molecular complexity index is 857. The summed E-state index contributed by atoms with van der Waals surface area (Å²) in [4.78, 5) is 24.3. The average Bonchev–Trinajstić information content (AvgIpc) is 3.29. The molecule has 0 bridgehead atoms. The van der Waals surface area contributed by atoms with Gasteiger partial charge in [0.2, 0.25) is 0 Å².